The summed E-state index contributed by atoms with van der Waals surface area (Å²) in [6.45, 7) is 5.08. The first-order valence-corrected chi connectivity index (χ1v) is 9.57. The molecule has 4 rings (SSSR count). The van der Waals surface area contributed by atoms with Crippen LogP contribution in [0.3, 0.4) is 0 Å². The third-order valence-corrected chi connectivity index (χ3v) is 5.46. The van der Waals surface area contributed by atoms with Crippen LogP contribution in [-0.2, 0) is 6.54 Å². The van der Waals surface area contributed by atoms with Gasteiger partial charge in [-0.3, -0.25) is 9.88 Å². The summed E-state index contributed by atoms with van der Waals surface area (Å²) in [5, 5.41) is 13.2. The molecule has 0 amide bonds. The summed E-state index contributed by atoms with van der Waals surface area (Å²) < 4.78 is 0. The van der Waals surface area contributed by atoms with Gasteiger partial charge in [-0.15, -0.1) is 0 Å². The van der Waals surface area contributed by atoms with Crippen LogP contribution in [0.1, 0.15) is 48.7 Å². The zero-order chi connectivity index (χ0) is 17.9. The zero-order valence-electron chi connectivity index (χ0n) is 15.3. The van der Waals surface area contributed by atoms with Crippen molar-refractivity contribution in [3.8, 4) is 0 Å². The fourth-order valence-electron chi connectivity index (χ4n) is 3.90. The molecule has 1 saturated heterocycles. The van der Waals surface area contributed by atoms with Crippen LogP contribution < -0.4 is 5.32 Å². The molecule has 0 unspecified atom stereocenters. The number of aryl methyl sites for hydroxylation is 1. The number of pyridine rings is 1. The van der Waals surface area contributed by atoms with Crippen LogP contribution >= 0.6 is 0 Å². The Bertz CT molecular complexity index is 724. The smallest absolute Gasteiger partial charge is 0.130 e. The number of aliphatic hydroxyl groups excluding tert-OH is 1. The molecule has 0 radical (unpaired) electrons. The highest BCUT2D eigenvalue weighted by atomic mass is 16.3. The summed E-state index contributed by atoms with van der Waals surface area (Å²) in [5.74, 6) is 2.12. The van der Waals surface area contributed by atoms with Gasteiger partial charge in [0, 0.05) is 55.7 Å². The number of aromatic nitrogens is 3. The summed E-state index contributed by atoms with van der Waals surface area (Å²) in [6.07, 6.45) is 7.48. The lowest BCUT2D eigenvalue weighted by Crippen LogP contribution is -2.39. The molecular weight excluding hydrogens is 326 g/mol. The van der Waals surface area contributed by atoms with Crippen LogP contribution in [0.2, 0.25) is 0 Å². The molecule has 2 fully saturated rings. The number of rotatable bonds is 5. The van der Waals surface area contributed by atoms with Gasteiger partial charge in [-0.2, -0.15) is 0 Å². The molecule has 1 aliphatic heterocycles. The Morgan fingerprint density at radius 2 is 2.04 bits per heavy atom. The van der Waals surface area contributed by atoms with Gasteiger partial charge in [-0.1, -0.05) is 6.07 Å². The van der Waals surface area contributed by atoms with Crippen LogP contribution in [-0.4, -0.2) is 50.2 Å². The molecule has 1 aliphatic carbocycles. The molecule has 26 heavy (non-hydrogen) atoms. The predicted molar refractivity (Wildman–Crippen MR) is 101 cm³/mol. The average Bonchev–Trinajstić information content (AvgIpc) is 2.61. The van der Waals surface area contributed by atoms with Gasteiger partial charge in [0.05, 0.1) is 6.10 Å². The molecule has 3 heterocycles. The maximum Gasteiger partial charge on any atom is 0.130 e. The molecule has 0 spiro atoms. The molecule has 0 aromatic carbocycles. The van der Waals surface area contributed by atoms with E-state index in [2.05, 4.69) is 37.3 Å². The van der Waals surface area contributed by atoms with Crippen LogP contribution in [0, 0.1) is 6.92 Å². The first-order valence-electron chi connectivity index (χ1n) is 9.57. The SMILES string of the molecule is Cc1nc(NC2CCN(Cc3cccnc3)CC2)cc(C2CC(O)C2)n1. The Kier molecular flexibility index (Phi) is 5.13. The van der Waals surface area contributed by atoms with E-state index in [1.807, 2.05) is 25.4 Å². The number of hydrogen-bond acceptors (Lipinski definition) is 6. The summed E-state index contributed by atoms with van der Waals surface area (Å²) in [5.41, 5.74) is 2.34. The van der Waals surface area contributed by atoms with Gasteiger partial charge < -0.3 is 10.4 Å². The van der Waals surface area contributed by atoms with Crippen molar-refractivity contribution in [2.75, 3.05) is 18.4 Å². The van der Waals surface area contributed by atoms with E-state index in [9.17, 15) is 5.11 Å². The molecule has 2 aromatic rings. The highest BCUT2D eigenvalue weighted by Gasteiger charge is 2.30. The number of nitrogens with one attached hydrogen (secondary N) is 1. The molecule has 2 N–H and O–H groups in total. The first kappa shape index (κ1) is 17.4. The number of aliphatic hydroxyl groups is 1. The van der Waals surface area contributed by atoms with Crippen LogP contribution in [0.15, 0.2) is 30.6 Å². The molecule has 2 aromatic heterocycles. The fourth-order valence-corrected chi connectivity index (χ4v) is 3.90. The lowest BCUT2D eigenvalue weighted by Gasteiger charge is -2.33. The van der Waals surface area contributed by atoms with Gasteiger partial charge in [0.1, 0.15) is 11.6 Å². The number of hydrogen-bond donors (Lipinski definition) is 2. The second-order valence-corrected chi connectivity index (χ2v) is 7.60. The zero-order valence-corrected chi connectivity index (χ0v) is 15.3. The van der Waals surface area contributed by atoms with E-state index in [4.69, 9.17) is 0 Å². The Morgan fingerprint density at radius 1 is 1.23 bits per heavy atom. The molecule has 6 heteroatoms. The van der Waals surface area contributed by atoms with Crippen molar-refractivity contribution in [2.24, 2.45) is 0 Å². The summed E-state index contributed by atoms with van der Waals surface area (Å²) in [6, 6.07) is 6.67. The van der Waals surface area contributed by atoms with Crippen molar-refractivity contribution >= 4 is 5.82 Å². The summed E-state index contributed by atoms with van der Waals surface area (Å²) in [4.78, 5) is 15.8. The van der Waals surface area contributed by atoms with E-state index in [1.54, 1.807) is 0 Å². The maximum absolute atomic E-state index is 9.54. The molecule has 1 saturated carbocycles. The molecule has 0 bridgehead atoms. The van der Waals surface area contributed by atoms with Gasteiger partial charge in [-0.25, -0.2) is 9.97 Å². The average molecular weight is 353 g/mol. The summed E-state index contributed by atoms with van der Waals surface area (Å²) in [7, 11) is 0. The van der Waals surface area contributed by atoms with Crippen LogP contribution in [0.4, 0.5) is 5.82 Å². The van der Waals surface area contributed by atoms with Crippen molar-refractivity contribution in [2.45, 2.75) is 57.2 Å². The predicted octanol–water partition coefficient (Wildman–Crippen LogP) is 2.49. The van der Waals surface area contributed by atoms with E-state index in [-0.39, 0.29) is 6.10 Å². The lowest BCUT2D eigenvalue weighted by molar-refractivity contribution is 0.0731. The minimum atomic E-state index is -0.157. The highest BCUT2D eigenvalue weighted by molar-refractivity contribution is 5.39. The molecule has 138 valence electrons. The Labute approximate surface area is 154 Å². The highest BCUT2D eigenvalue weighted by Crippen LogP contribution is 2.36. The van der Waals surface area contributed by atoms with Crippen molar-refractivity contribution in [3.05, 3.63) is 47.7 Å². The monoisotopic (exact) mass is 353 g/mol. The van der Waals surface area contributed by atoms with Gasteiger partial charge in [0.15, 0.2) is 0 Å². The normalized spacial score (nSPS) is 24.2. The van der Waals surface area contributed by atoms with Crippen molar-refractivity contribution in [1.82, 2.24) is 19.9 Å². The molecular formula is C20H27N5O. The molecule has 2 aliphatic rings. The van der Waals surface area contributed by atoms with Crippen molar-refractivity contribution in [1.29, 1.82) is 0 Å². The Balaban J connectivity index is 1.31. The number of piperidine rings is 1. The second-order valence-electron chi connectivity index (χ2n) is 7.60. The standard InChI is InChI=1S/C20H27N5O/c1-14-22-19(16-9-18(26)10-16)11-20(23-14)24-17-4-7-25(8-5-17)13-15-3-2-6-21-12-15/h2-3,6,11-12,16-18,26H,4-5,7-10,13H2,1H3,(H,22,23,24). The minimum absolute atomic E-state index is 0.157. The minimum Gasteiger partial charge on any atom is -0.393 e. The fraction of sp³-hybridized carbons (Fsp3) is 0.550. The maximum atomic E-state index is 9.54. The summed E-state index contributed by atoms with van der Waals surface area (Å²) >= 11 is 0. The van der Waals surface area contributed by atoms with Gasteiger partial charge in [0.2, 0.25) is 0 Å². The van der Waals surface area contributed by atoms with Gasteiger partial charge in [-0.05, 0) is 44.2 Å². The number of likely N-dealkylation sites (tertiary alicyclic amines) is 1. The Morgan fingerprint density at radius 3 is 2.73 bits per heavy atom. The van der Waals surface area contributed by atoms with E-state index >= 15 is 0 Å². The van der Waals surface area contributed by atoms with E-state index < -0.39 is 0 Å². The topological polar surface area (TPSA) is 74.2 Å². The largest absolute Gasteiger partial charge is 0.393 e. The van der Waals surface area contributed by atoms with Crippen molar-refractivity contribution in [3.63, 3.8) is 0 Å². The van der Waals surface area contributed by atoms with Crippen molar-refractivity contribution < 1.29 is 5.11 Å². The molecule has 6 nitrogen and oxygen atoms in total. The Hall–Kier alpha value is -2.05. The van der Waals surface area contributed by atoms with Crippen LogP contribution in [0.25, 0.3) is 0 Å². The number of anilines is 1. The third-order valence-electron chi connectivity index (χ3n) is 5.46. The van der Waals surface area contributed by atoms with E-state index in [0.29, 0.717) is 12.0 Å². The number of nitrogens with zero attached hydrogens (tertiary/aromatic N) is 4. The van der Waals surface area contributed by atoms with Gasteiger partial charge >= 0.3 is 0 Å². The molecule has 0 atom stereocenters. The van der Waals surface area contributed by atoms with E-state index in [1.165, 1.54) is 5.56 Å². The van der Waals surface area contributed by atoms with E-state index in [0.717, 1.165) is 62.7 Å². The van der Waals surface area contributed by atoms with Gasteiger partial charge in [0.25, 0.3) is 0 Å². The third kappa shape index (κ3) is 4.19. The quantitative estimate of drug-likeness (QED) is 0.860. The van der Waals surface area contributed by atoms with Crippen LogP contribution in [0.5, 0.6) is 0 Å². The first-order chi connectivity index (χ1) is 12.7. The lowest BCUT2D eigenvalue weighted by atomic mass is 9.80. The second kappa shape index (κ2) is 7.68.